The standard InChI is InChI=1S/C14H24N2O2/c1-5-11(9-15)10-16(2)13-7-6-12(17-3)8-14(13)18-4/h6-8,11H,5,9-10,15H2,1-4H3. The number of ether oxygens (including phenoxy) is 2. The molecule has 102 valence electrons. The van der Waals surface area contributed by atoms with Gasteiger partial charge < -0.3 is 20.1 Å². The van der Waals surface area contributed by atoms with Gasteiger partial charge in [-0.1, -0.05) is 13.3 Å². The van der Waals surface area contributed by atoms with Crippen molar-refractivity contribution in [1.82, 2.24) is 0 Å². The summed E-state index contributed by atoms with van der Waals surface area (Å²) in [5, 5.41) is 0. The monoisotopic (exact) mass is 252 g/mol. The number of nitrogens with two attached hydrogens (primary N) is 1. The molecule has 1 aromatic carbocycles. The van der Waals surface area contributed by atoms with Crippen molar-refractivity contribution in [2.75, 3.05) is 39.3 Å². The predicted molar refractivity (Wildman–Crippen MR) is 75.7 cm³/mol. The highest BCUT2D eigenvalue weighted by molar-refractivity contribution is 5.60. The number of rotatable bonds is 7. The molecule has 0 amide bonds. The molecule has 0 bridgehead atoms. The molecule has 0 heterocycles. The second kappa shape index (κ2) is 7.11. The molecule has 0 aliphatic rings. The van der Waals surface area contributed by atoms with E-state index < -0.39 is 0 Å². The normalized spacial score (nSPS) is 12.1. The Morgan fingerprint density at radius 3 is 2.50 bits per heavy atom. The zero-order valence-corrected chi connectivity index (χ0v) is 11.8. The maximum absolute atomic E-state index is 5.75. The van der Waals surface area contributed by atoms with Gasteiger partial charge in [-0.3, -0.25) is 0 Å². The molecule has 1 rings (SSSR count). The zero-order valence-electron chi connectivity index (χ0n) is 11.8. The minimum absolute atomic E-state index is 0.502. The molecule has 0 spiro atoms. The van der Waals surface area contributed by atoms with Crippen molar-refractivity contribution >= 4 is 5.69 Å². The number of anilines is 1. The summed E-state index contributed by atoms with van der Waals surface area (Å²) in [7, 11) is 5.38. The van der Waals surface area contributed by atoms with Crippen molar-refractivity contribution < 1.29 is 9.47 Å². The van der Waals surface area contributed by atoms with E-state index in [0.29, 0.717) is 12.5 Å². The van der Waals surface area contributed by atoms with Crippen molar-refractivity contribution in [2.24, 2.45) is 11.7 Å². The van der Waals surface area contributed by atoms with E-state index >= 15 is 0 Å². The lowest BCUT2D eigenvalue weighted by Gasteiger charge is -2.26. The zero-order chi connectivity index (χ0) is 13.5. The summed E-state index contributed by atoms with van der Waals surface area (Å²) in [5.41, 5.74) is 6.81. The minimum Gasteiger partial charge on any atom is -0.497 e. The Morgan fingerprint density at radius 2 is 2.00 bits per heavy atom. The molecule has 0 saturated carbocycles. The lowest BCUT2D eigenvalue weighted by atomic mass is 10.1. The number of hydrogen-bond donors (Lipinski definition) is 1. The average Bonchev–Trinajstić information content (AvgIpc) is 2.43. The van der Waals surface area contributed by atoms with Crippen molar-refractivity contribution in [1.29, 1.82) is 0 Å². The van der Waals surface area contributed by atoms with Crippen LogP contribution in [0.1, 0.15) is 13.3 Å². The second-order valence-electron chi connectivity index (χ2n) is 4.43. The SMILES string of the molecule is CCC(CN)CN(C)c1ccc(OC)cc1OC. The van der Waals surface area contributed by atoms with E-state index in [1.807, 2.05) is 18.2 Å². The minimum atomic E-state index is 0.502. The number of hydrogen-bond acceptors (Lipinski definition) is 4. The highest BCUT2D eigenvalue weighted by Crippen LogP contribution is 2.31. The Balaban J connectivity index is 2.87. The van der Waals surface area contributed by atoms with Crippen LogP contribution in [0.25, 0.3) is 0 Å². The van der Waals surface area contributed by atoms with Gasteiger partial charge in [0.1, 0.15) is 11.5 Å². The Labute approximate surface area is 110 Å². The lowest BCUT2D eigenvalue weighted by molar-refractivity contribution is 0.393. The molecule has 1 aromatic rings. The largest absolute Gasteiger partial charge is 0.497 e. The fraction of sp³-hybridized carbons (Fsp3) is 0.571. The molecule has 0 aliphatic heterocycles. The highest BCUT2D eigenvalue weighted by Gasteiger charge is 2.13. The third kappa shape index (κ3) is 3.53. The Morgan fingerprint density at radius 1 is 1.28 bits per heavy atom. The summed E-state index contributed by atoms with van der Waals surface area (Å²) < 4.78 is 10.6. The summed E-state index contributed by atoms with van der Waals surface area (Å²) >= 11 is 0. The molecule has 4 heteroatoms. The van der Waals surface area contributed by atoms with E-state index in [0.717, 1.165) is 30.2 Å². The van der Waals surface area contributed by atoms with Crippen molar-refractivity contribution in [3.8, 4) is 11.5 Å². The molecule has 1 atom stereocenters. The van der Waals surface area contributed by atoms with Crippen molar-refractivity contribution in [2.45, 2.75) is 13.3 Å². The van der Waals surface area contributed by atoms with Crippen molar-refractivity contribution in [3.63, 3.8) is 0 Å². The molecular formula is C14H24N2O2. The van der Waals surface area contributed by atoms with Crippen LogP contribution in [-0.4, -0.2) is 34.4 Å². The third-order valence-electron chi connectivity index (χ3n) is 3.24. The molecule has 0 aliphatic carbocycles. The predicted octanol–water partition coefficient (Wildman–Crippen LogP) is 2.12. The summed E-state index contributed by atoms with van der Waals surface area (Å²) in [5.74, 6) is 2.13. The summed E-state index contributed by atoms with van der Waals surface area (Å²) in [4.78, 5) is 2.18. The van der Waals surface area contributed by atoms with Gasteiger partial charge in [0.25, 0.3) is 0 Å². The van der Waals surface area contributed by atoms with Gasteiger partial charge in [-0.25, -0.2) is 0 Å². The Bertz CT molecular complexity index is 365. The first-order valence-corrected chi connectivity index (χ1v) is 6.29. The molecule has 2 N–H and O–H groups in total. The highest BCUT2D eigenvalue weighted by atomic mass is 16.5. The quantitative estimate of drug-likeness (QED) is 0.807. The molecule has 0 aromatic heterocycles. The van der Waals surface area contributed by atoms with Gasteiger partial charge >= 0.3 is 0 Å². The summed E-state index contributed by atoms with van der Waals surface area (Å²) in [6.07, 6.45) is 1.08. The molecule has 0 radical (unpaired) electrons. The topological polar surface area (TPSA) is 47.7 Å². The van der Waals surface area contributed by atoms with Crippen LogP contribution >= 0.6 is 0 Å². The summed E-state index contributed by atoms with van der Waals surface area (Å²) in [6.45, 7) is 3.80. The maximum atomic E-state index is 5.75. The third-order valence-corrected chi connectivity index (χ3v) is 3.24. The number of nitrogens with zero attached hydrogens (tertiary/aromatic N) is 1. The van der Waals surface area contributed by atoms with Crippen molar-refractivity contribution in [3.05, 3.63) is 18.2 Å². The van der Waals surface area contributed by atoms with Gasteiger partial charge in [0, 0.05) is 19.7 Å². The van der Waals surface area contributed by atoms with Gasteiger partial charge in [0.05, 0.1) is 19.9 Å². The second-order valence-corrected chi connectivity index (χ2v) is 4.43. The lowest BCUT2D eigenvalue weighted by Crippen LogP contribution is -2.29. The molecule has 1 unspecified atom stereocenters. The first-order chi connectivity index (χ1) is 8.65. The van der Waals surface area contributed by atoms with Gasteiger partial charge in [-0.2, -0.15) is 0 Å². The first-order valence-electron chi connectivity index (χ1n) is 6.29. The van der Waals surface area contributed by atoms with Crippen LogP contribution in [-0.2, 0) is 0 Å². The molecule has 0 saturated heterocycles. The maximum Gasteiger partial charge on any atom is 0.145 e. The number of methoxy groups -OCH3 is 2. The summed E-state index contributed by atoms with van der Waals surface area (Å²) in [6, 6.07) is 5.86. The van der Waals surface area contributed by atoms with Gasteiger partial charge in [0.15, 0.2) is 0 Å². The first kappa shape index (κ1) is 14.6. The average molecular weight is 252 g/mol. The van der Waals surface area contributed by atoms with Crippen LogP contribution in [0.4, 0.5) is 5.69 Å². The molecular weight excluding hydrogens is 228 g/mol. The fourth-order valence-electron chi connectivity index (χ4n) is 1.96. The smallest absolute Gasteiger partial charge is 0.145 e. The van der Waals surface area contributed by atoms with E-state index in [1.165, 1.54) is 0 Å². The Kier molecular flexibility index (Phi) is 5.78. The Hall–Kier alpha value is -1.42. The number of benzene rings is 1. The van der Waals surface area contributed by atoms with Crippen LogP contribution in [0.3, 0.4) is 0 Å². The van der Waals surface area contributed by atoms with Crippen LogP contribution in [0.15, 0.2) is 18.2 Å². The van der Waals surface area contributed by atoms with Gasteiger partial charge in [-0.15, -0.1) is 0 Å². The van der Waals surface area contributed by atoms with E-state index in [-0.39, 0.29) is 0 Å². The van der Waals surface area contributed by atoms with Crippen LogP contribution in [0, 0.1) is 5.92 Å². The fourth-order valence-corrected chi connectivity index (χ4v) is 1.96. The molecule has 18 heavy (non-hydrogen) atoms. The van der Waals surface area contributed by atoms with Crippen LogP contribution in [0.2, 0.25) is 0 Å². The van der Waals surface area contributed by atoms with E-state index in [1.54, 1.807) is 14.2 Å². The van der Waals surface area contributed by atoms with Crippen LogP contribution in [0.5, 0.6) is 11.5 Å². The van der Waals surface area contributed by atoms with E-state index in [2.05, 4.69) is 18.9 Å². The molecule has 0 fully saturated rings. The van der Waals surface area contributed by atoms with E-state index in [4.69, 9.17) is 15.2 Å². The van der Waals surface area contributed by atoms with Gasteiger partial charge in [-0.05, 0) is 24.6 Å². The van der Waals surface area contributed by atoms with Gasteiger partial charge in [0.2, 0.25) is 0 Å². The van der Waals surface area contributed by atoms with E-state index in [9.17, 15) is 0 Å². The molecule has 4 nitrogen and oxygen atoms in total. The van der Waals surface area contributed by atoms with Crippen LogP contribution < -0.4 is 20.1 Å².